The first-order chi connectivity index (χ1) is 30.8. The number of hydrogen-bond donors (Lipinski definition) is 0. The summed E-state index contributed by atoms with van der Waals surface area (Å²) >= 11 is 0. The molecular formula is C59H48N4. The van der Waals surface area contributed by atoms with Crippen LogP contribution >= 0.6 is 0 Å². The molecule has 0 radical (unpaired) electrons. The maximum absolute atomic E-state index is 9.27. The number of nitriles is 1. The standard InChI is InChI=1S/C59H48N4/c1-57(2)52-14-7-6-13-50(52)51-28-23-47(31-53(51)57)56-62-54(43-9-4-3-5-10-43)61-55(63-56)44-21-26-49(27-22-44)59-34-39-29-40(35-59)33-58(32-39,37-59)48-24-19-42(20-25-48)46-12-8-11-45(30-46)41-17-15-38(36-60)16-18-41/h3-28,30-31,39-40H,29,32-35,37H2,1-2H3. The average Bonchev–Trinajstić information content (AvgIpc) is 3.56. The third-order valence-corrected chi connectivity index (χ3v) is 15.4. The van der Waals surface area contributed by atoms with Crippen LogP contribution in [0.2, 0.25) is 0 Å². The van der Waals surface area contributed by atoms with Crippen LogP contribution in [0.15, 0.2) is 170 Å². The van der Waals surface area contributed by atoms with Crippen molar-refractivity contribution in [3.63, 3.8) is 0 Å². The zero-order valence-corrected chi connectivity index (χ0v) is 35.9. The largest absolute Gasteiger partial charge is 0.208 e. The first kappa shape index (κ1) is 37.8. The second-order valence-corrected chi connectivity index (χ2v) is 19.5. The lowest BCUT2D eigenvalue weighted by Crippen LogP contribution is -2.55. The molecule has 4 heteroatoms. The number of rotatable bonds is 7. The van der Waals surface area contributed by atoms with Gasteiger partial charge in [0.1, 0.15) is 0 Å². The summed E-state index contributed by atoms with van der Waals surface area (Å²) in [7, 11) is 0. The van der Waals surface area contributed by atoms with Crippen LogP contribution in [-0.2, 0) is 16.2 Å². The summed E-state index contributed by atoms with van der Waals surface area (Å²) in [4.78, 5) is 15.5. The molecule has 0 N–H and O–H groups in total. The molecule has 4 nitrogen and oxygen atoms in total. The van der Waals surface area contributed by atoms with Crippen molar-refractivity contribution in [3.05, 3.63) is 198 Å². The molecule has 2 atom stereocenters. The van der Waals surface area contributed by atoms with Gasteiger partial charge in [-0.1, -0.05) is 159 Å². The summed E-state index contributed by atoms with van der Waals surface area (Å²) in [5.41, 5.74) is 17.0. The van der Waals surface area contributed by atoms with E-state index in [0.717, 1.165) is 39.7 Å². The van der Waals surface area contributed by atoms with Crippen LogP contribution in [-0.4, -0.2) is 15.0 Å². The van der Waals surface area contributed by atoms with E-state index < -0.39 is 0 Å². The SMILES string of the molecule is CC1(C)c2ccccc2-c2ccc(-c3nc(-c4ccccc4)nc(-c4ccc(C56CC7CC(CC(c8ccc(-c9cccc(-c%10ccc(C#N)cc%10)c9)cc8)(C7)C5)C6)cc4)n3)cc21. The van der Waals surface area contributed by atoms with E-state index in [-0.39, 0.29) is 16.2 Å². The Labute approximate surface area is 370 Å². The molecule has 1 aromatic heterocycles. The molecule has 13 rings (SSSR count). The summed E-state index contributed by atoms with van der Waals surface area (Å²) in [6.45, 7) is 4.64. The van der Waals surface area contributed by atoms with Crippen LogP contribution in [0.3, 0.4) is 0 Å². The van der Waals surface area contributed by atoms with Gasteiger partial charge in [-0.05, 0) is 141 Å². The second kappa shape index (κ2) is 14.3. The van der Waals surface area contributed by atoms with Gasteiger partial charge in [-0.3, -0.25) is 0 Å². The molecule has 1 heterocycles. The van der Waals surface area contributed by atoms with Crippen LogP contribution in [0.25, 0.3) is 67.5 Å². The minimum absolute atomic E-state index is 0.114. The number of fused-ring (bicyclic) bond motifs is 3. The molecule has 5 aliphatic carbocycles. The average molecular weight is 813 g/mol. The summed E-state index contributed by atoms with van der Waals surface area (Å²) in [6.07, 6.45) is 7.70. The Kier molecular flexibility index (Phi) is 8.57. The summed E-state index contributed by atoms with van der Waals surface area (Å²) in [6, 6.07) is 63.6. The highest BCUT2D eigenvalue weighted by atomic mass is 15.0. The molecule has 304 valence electrons. The lowest BCUT2D eigenvalue weighted by molar-refractivity contribution is -0.0281. The highest BCUT2D eigenvalue weighted by Crippen LogP contribution is 2.66. The van der Waals surface area contributed by atoms with Gasteiger partial charge in [0.2, 0.25) is 0 Å². The molecular weight excluding hydrogens is 765 g/mol. The highest BCUT2D eigenvalue weighted by molar-refractivity contribution is 5.83. The lowest BCUT2D eigenvalue weighted by atomic mass is 9.41. The van der Waals surface area contributed by atoms with E-state index in [4.69, 9.17) is 15.0 Å². The van der Waals surface area contributed by atoms with Gasteiger partial charge in [0.05, 0.1) is 11.6 Å². The normalized spacial score (nSPS) is 22.3. The predicted octanol–water partition coefficient (Wildman–Crippen LogP) is 14.2. The van der Waals surface area contributed by atoms with Crippen molar-refractivity contribution in [1.82, 2.24) is 15.0 Å². The summed E-state index contributed by atoms with van der Waals surface area (Å²) < 4.78 is 0. The van der Waals surface area contributed by atoms with Gasteiger partial charge in [-0.15, -0.1) is 0 Å². The first-order valence-electron chi connectivity index (χ1n) is 22.6. The molecule has 0 saturated heterocycles. The minimum Gasteiger partial charge on any atom is -0.208 e. The fourth-order valence-corrected chi connectivity index (χ4v) is 12.7. The Morgan fingerprint density at radius 1 is 0.444 bits per heavy atom. The quantitative estimate of drug-likeness (QED) is 0.161. The summed E-state index contributed by atoms with van der Waals surface area (Å²) in [5.74, 6) is 3.60. The number of benzene rings is 7. The second-order valence-electron chi connectivity index (χ2n) is 19.5. The maximum atomic E-state index is 9.27. The van der Waals surface area contributed by atoms with Gasteiger partial charge in [0.25, 0.3) is 0 Å². The van der Waals surface area contributed by atoms with E-state index in [1.165, 1.54) is 83.0 Å². The fourth-order valence-electron chi connectivity index (χ4n) is 12.7. The van der Waals surface area contributed by atoms with Crippen LogP contribution in [0.1, 0.15) is 80.2 Å². The predicted molar refractivity (Wildman–Crippen MR) is 254 cm³/mol. The van der Waals surface area contributed by atoms with Gasteiger partial charge >= 0.3 is 0 Å². The highest BCUT2D eigenvalue weighted by Gasteiger charge is 2.58. The maximum Gasteiger partial charge on any atom is 0.164 e. The Hall–Kier alpha value is -6.96. The molecule has 4 saturated carbocycles. The van der Waals surface area contributed by atoms with Gasteiger partial charge in [0.15, 0.2) is 17.5 Å². The molecule has 5 aliphatic rings. The van der Waals surface area contributed by atoms with Crippen molar-refractivity contribution in [2.45, 2.75) is 68.6 Å². The molecule has 7 aromatic carbocycles. The molecule has 0 amide bonds. The van der Waals surface area contributed by atoms with Crippen LogP contribution in [0.5, 0.6) is 0 Å². The van der Waals surface area contributed by atoms with Crippen molar-refractivity contribution < 1.29 is 0 Å². The summed E-state index contributed by atoms with van der Waals surface area (Å²) in [5, 5.41) is 9.27. The Bertz CT molecular complexity index is 3090. The fraction of sp³-hybridized carbons (Fsp3) is 0.220. The number of nitrogens with zero attached hydrogens (tertiary/aromatic N) is 4. The van der Waals surface area contributed by atoms with E-state index in [1.807, 2.05) is 42.5 Å². The monoisotopic (exact) mass is 812 g/mol. The Morgan fingerprint density at radius 2 is 0.921 bits per heavy atom. The van der Waals surface area contributed by atoms with Gasteiger partial charge in [-0.2, -0.15) is 5.26 Å². The van der Waals surface area contributed by atoms with Gasteiger partial charge in [-0.25, -0.2) is 15.0 Å². The Morgan fingerprint density at radius 3 is 1.52 bits per heavy atom. The van der Waals surface area contributed by atoms with E-state index in [0.29, 0.717) is 23.0 Å². The Balaban J connectivity index is 0.853. The molecule has 4 bridgehead atoms. The van der Waals surface area contributed by atoms with Crippen molar-refractivity contribution in [1.29, 1.82) is 5.26 Å². The molecule has 0 spiro atoms. The topological polar surface area (TPSA) is 62.5 Å². The van der Waals surface area contributed by atoms with Crippen molar-refractivity contribution in [2.24, 2.45) is 11.8 Å². The number of hydrogen-bond acceptors (Lipinski definition) is 4. The van der Waals surface area contributed by atoms with E-state index >= 15 is 0 Å². The van der Waals surface area contributed by atoms with Crippen molar-refractivity contribution >= 4 is 0 Å². The first-order valence-corrected chi connectivity index (χ1v) is 22.6. The molecule has 63 heavy (non-hydrogen) atoms. The van der Waals surface area contributed by atoms with Crippen molar-refractivity contribution in [3.8, 4) is 73.6 Å². The van der Waals surface area contributed by atoms with E-state index in [9.17, 15) is 5.26 Å². The zero-order valence-electron chi connectivity index (χ0n) is 35.9. The van der Waals surface area contributed by atoms with Crippen LogP contribution in [0.4, 0.5) is 0 Å². The van der Waals surface area contributed by atoms with Crippen molar-refractivity contribution in [2.75, 3.05) is 0 Å². The third kappa shape index (κ3) is 6.28. The lowest BCUT2D eigenvalue weighted by Gasteiger charge is -2.63. The zero-order chi connectivity index (χ0) is 42.3. The van der Waals surface area contributed by atoms with E-state index in [1.54, 1.807) is 0 Å². The van der Waals surface area contributed by atoms with Crippen LogP contribution in [0, 0.1) is 23.2 Å². The number of aromatic nitrogens is 3. The smallest absolute Gasteiger partial charge is 0.164 e. The minimum atomic E-state index is -0.114. The molecule has 2 unspecified atom stereocenters. The van der Waals surface area contributed by atoms with E-state index in [2.05, 4.69) is 147 Å². The van der Waals surface area contributed by atoms with Gasteiger partial charge < -0.3 is 0 Å². The third-order valence-electron chi connectivity index (χ3n) is 15.4. The molecule has 0 aliphatic heterocycles. The molecule has 8 aromatic rings. The van der Waals surface area contributed by atoms with Crippen LogP contribution < -0.4 is 0 Å². The molecule has 4 fully saturated rings. The van der Waals surface area contributed by atoms with Gasteiger partial charge in [0, 0.05) is 22.1 Å².